The number of para-hydroxylation sites is 1. The Hall–Kier alpha value is -3.35. The van der Waals surface area contributed by atoms with E-state index >= 15 is 0 Å². The Morgan fingerprint density at radius 2 is 1.80 bits per heavy atom. The Kier molecular flexibility index (Phi) is 5.70. The molecule has 4 rings (SSSR count). The third-order valence-corrected chi connectivity index (χ3v) is 4.79. The minimum atomic E-state index is -0.317. The van der Waals surface area contributed by atoms with Crippen LogP contribution in [0.4, 0.5) is 5.69 Å². The molecule has 30 heavy (non-hydrogen) atoms. The largest absolute Gasteiger partial charge is 0.495 e. The van der Waals surface area contributed by atoms with E-state index in [2.05, 4.69) is 15.5 Å². The van der Waals surface area contributed by atoms with Crippen LogP contribution in [0.25, 0.3) is 22.8 Å². The predicted molar refractivity (Wildman–Crippen MR) is 120 cm³/mol. The predicted octanol–water partition coefficient (Wildman–Crippen LogP) is 5.39. The molecule has 0 saturated carbocycles. The summed E-state index contributed by atoms with van der Waals surface area (Å²) in [5, 5.41) is 12.6. The standard InChI is InChI=1S/C22H16Cl2N4O2/c1-30-22-14(11-15(23)12-18(22)24)7-10-21(29)25-16-8-9-19-20(13-16)27-28(26-19)17-5-3-2-4-6-17/h2-13H,1H3,(H,25,29). The van der Waals surface area contributed by atoms with E-state index < -0.39 is 0 Å². The molecule has 0 saturated heterocycles. The van der Waals surface area contributed by atoms with Crippen molar-refractivity contribution in [2.45, 2.75) is 0 Å². The second-order valence-corrected chi connectivity index (χ2v) is 7.20. The third kappa shape index (κ3) is 4.30. The van der Waals surface area contributed by atoms with Gasteiger partial charge in [0.2, 0.25) is 5.91 Å². The van der Waals surface area contributed by atoms with Gasteiger partial charge < -0.3 is 10.1 Å². The minimum Gasteiger partial charge on any atom is -0.495 e. The highest BCUT2D eigenvalue weighted by atomic mass is 35.5. The van der Waals surface area contributed by atoms with Gasteiger partial charge >= 0.3 is 0 Å². The summed E-state index contributed by atoms with van der Waals surface area (Å²) in [7, 11) is 1.50. The molecule has 0 atom stereocenters. The first-order valence-electron chi connectivity index (χ1n) is 8.98. The Bertz CT molecular complexity index is 1250. The molecule has 0 unspecified atom stereocenters. The van der Waals surface area contributed by atoms with E-state index in [0.29, 0.717) is 32.6 Å². The molecule has 0 aliphatic carbocycles. The van der Waals surface area contributed by atoms with Crippen molar-refractivity contribution in [1.82, 2.24) is 15.0 Å². The van der Waals surface area contributed by atoms with Gasteiger partial charge in [0.1, 0.15) is 16.8 Å². The van der Waals surface area contributed by atoms with Gasteiger partial charge in [0.05, 0.1) is 17.8 Å². The van der Waals surface area contributed by atoms with Gasteiger partial charge in [-0.05, 0) is 48.5 Å². The number of halogens is 2. The van der Waals surface area contributed by atoms with E-state index in [0.717, 1.165) is 11.2 Å². The van der Waals surface area contributed by atoms with Crippen LogP contribution >= 0.6 is 23.2 Å². The minimum absolute atomic E-state index is 0.317. The number of nitrogens with one attached hydrogen (secondary N) is 1. The summed E-state index contributed by atoms with van der Waals surface area (Å²) in [6.07, 6.45) is 2.98. The number of carbonyl (C=O) groups is 1. The number of benzene rings is 3. The van der Waals surface area contributed by atoms with Gasteiger partial charge in [-0.15, -0.1) is 10.2 Å². The molecule has 1 amide bonds. The van der Waals surface area contributed by atoms with E-state index in [9.17, 15) is 4.79 Å². The first kappa shape index (κ1) is 19.9. The lowest BCUT2D eigenvalue weighted by atomic mass is 10.2. The molecule has 4 aromatic rings. The lowest BCUT2D eigenvalue weighted by molar-refractivity contribution is -0.111. The summed E-state index contributed by atoms with van der Waals surface area (Å²) < 4.78 is 5.28. The van der Waals surface area contributed by atoms with Crippen molar-refractivity contribution in [2.75, 3.05) is 12.4 Å². The van der Waals surface area contributed by atoms with Crippen LogP contribution in [-0.2, 0) is 4.79 Å². The number of aromatic nitrogens is 3. The number of hydrogen-bond acceptors (Lipinski definition) is 4. The van der Waals surface area contributed by atoms with Crippen molar-refractivity contribution >= 4 is 51.9 Å². The molecule has 6 nitrogen and oxygen atoms in total. The Morgan fingerprint density at radius 1 is 1.03 bits per heavy atom. The molecule has 0 bridgehead atoms. The van der Waals surface area contributed by atoms with Crippen LogP contribution in [0.2, 0.25) is 10.0 Å². The molecular weight excluding hydrogens is 423 g/mol. The normalized spacial score (nSPS) is 11.2. The average molecular weight is 439 g/mol. The number of carbonyl (C=O) groups excluding carboxylic acids is 1. The fraction of sp³-hybridized carbons (Fsp3) is 0.0455. The number of fused-ring (bicyclic) bond motifs is 1. The van der Waals surface area contributed by atoms with Crippen LogP contribution in [-0.4, -0.2) is 28.0 Å². The number of amides is 1. The number of nitrogens with zero attached hydrogens (tertiary/aromatic N) is 3. The maximum Gasteiger partial charge on any atom is 0.248 e. The highest BCUT2D eigenvalue weighted by molar-refractivity contribution is 6.36. The van der Waals surface area contributed by atoms with Crippen LogP contribution in [0.15, 0.2) is 66.7 Å². The summed E-state index contributed by atoms with van der Waals surface area (Å²) in [4.78, 5) is 13.9. The zero-order valence-electron chi connectivity index (χ0n) is 15.8. The van der Waals surface area contributed by atoms with Gasteiger partial charge in [-0.3, -0.25) is 4.79 Å². The summed E-state index contributed by atoms with van der Waals surface area (Å²) in [5.74, 6) is 0.131. The van der Waals surface area contributed by atoms with Crippen LogP contribution in [0.1, 0.15) is 5.56 Å². The van der Waals surface area contributed by atoms with Gasteiger partial charge in [-0.2, -0.15) is 4.80 Å². The molecule has 1 N–H and O–H groups in total. The first-order valence-corrected chi connectivity index (χ1v) is 9.74. The molecule has 1 heterocycles. The zero-order valence-corrected chi connectivity index (χ0v) is 17.4. The van der Waals surface area contributed by atoms with Gasteiger partial charge in [-0.25, -0.2) is 0 Å². The van der Waals surface area contributed by atoms with E-state index in [1.165, 1.54) is 13.2 Å². The molecule has 150 valence electrons. The Labute approximate surface area is 182 Å². The molecule has 8 heteroatoms. The van der Waals surface area contributed by atoms with Crippen molar-refractivity contribution in [3.8, 4) is 11.4 Å². The van der Waals surface area contributed by atoms with Gasteiger partial charge in [-0.1, -0.05) is 41.4 Å². The average Bonchev–Trinajstić information content (AvgIpc) is 3.16. The number of hydrogen-bond donors (Lipinski definition) is 1. The van der Waals surface area contributed by atoms with Crippen LogP contribution in [0.3, 0.4) is 0 Å². The van der Waals surface area contributed by atoms with Crippen molar-refractivity contribution in [2.24, 2.45) is 0 Å². The maximum absolute atomic E-state index is 12.4. The number of ether oxygens (including phenoxy) is 1. The van der Waals surface area contributed by atoms with E-state index in [1.807, 2.05) is 30.3 Å². The monoisotopic (exact) mass is 438 g/mol. The highest BCUT2D eigenvalue weighted by Gasteiger charge is 2.09. The van der Waals surface area contributed by atoms with Gasteiger partial charge in [0.15, 0.2) is 0 Å². The Morgan fingerprint density at radius 3 is 2.57 bits per heavy atom. The van der Waals surface area contributed by atoms with Crippen molar-refractivity contribution < 1.29 is 9.53 Å². The van der Waals surface area contributed by atoms with E-state index in [4.69, 9.17) is 27.9 Å². The van der Waals surface area contributed by atoms with Crippen molar-refractivity contribution in [3.05, 3.63) is 82.3 Å². The first-order chi connectivity index (χ1) is 14.5. The zero-order chi connectivity index (χ0) is 21.1. The maximum atomic E-state index is 12.4. The second-order valence-electron chi connectivity index (χ2n) is 6.36. The smallest absolute Gasteiger partial charge is 0.248 e. The van der Waals surface area contributed by atoms with Crippen molar-refractivity contribution in [1.29, 1.82) is 0 Å². The van der Waals surface area contributed by atoms with Gasteiger partial charge in [0, 0.05) is 22.3 Å². The summed E-state index contributed by atoms with van der Waals surface area (Å²) in [6.45, 7) is 0. The highest BCUT2D eigenvalue weighted by Crippen LogP contribution is 2.33. The van der Waals surface area contributed by atoms with E-state index in [1.54, 1.807) is 41.2 Å². The van der Waals surface area contributed by atoms with Crippen LogP contribution in [0.5, 0.6) is 5.75 Å². The lowest BCUT2D eigenvalue weighted by Crippen LogP contribution is -2.07. The Balaban J connectivity index is 1.53. The number of rotatable bonds is 5. The summed E-state index contributed by atoms with van der Waals surface area (Å²) >= 11 is 12.2. The molecule has 0 aliphatic heterocycles. The molecule has 0 fully saturated rings. The molecule has 0 radical (unpaired) electrons. The lowest BCUT2D eigenvalue weighted by Gasteiger charge is -2.08. The van der Waals surface area contributed by atoms with Crippen molar-refractivity contribution in [3.63, 3.8) is 0 Å². The number of methoxy groups -OCH3 is 1. The molecule has 3 aromatic carbocycles. The van der Waals surface area contributed by atoms with E-state index in [-0.39, 0.29) is 5.91 Å². The van der Waals surface area contributed by atoms with Gasteiger partial charge in [0.25, 0.3) is 0 Å². The molecule has 1 aromatic heterocycles. The third-order valence-electron chi connectivity index (χ3n) is 4.29. The summed E-state index contributed by atoms with van der Waals surface area (Å²) in [6, 6.07) is 18.2. The molecule has 0 spiro atoms. The SMILES string of the molecule is COc1c(Cl)cc(Cl)cc1C=CC(=O)Nc1ccc2nn(-c3ccccc3)nc2c1. The van der Waals surface area contributed by atoms with Crippen LogP contribution in [0, 0.1) is 0 Å². The summed E-state index contributed by atoms with van der Waals surface area (Å²) in [5.41, 5.74) is 3.46. The fourth-order valence-corrected chi connectivity index (χ4v) is 3.52. The van der Waals surface area contributed by atoms with Crippen LogP contribution < -0.4 is 10.1 Å². The quantitative estimate of drug-likeness (QED) is 0.424. The second kappa shape index (κ2) is 8.57. The number of anilines is 1. The fourth-order valence-electron chi connectivity index (χ4n) is 2.94. The topological polar surface area (TPSA) is 69.0 Å². The molecule has 0 aliphatic rings. The molecular formula is C22H16Cl2N4O2.